The van der Waals surface area contributed by atoms with Crippen LogP contribution in [0, 0.1) is 46.3 Å². The van der Waals surface area contributed by atoms with Crippen LogP contribution in [0.25, 0.3) is 0 Å². The van der Waals surface area contributed by atoms with Crippen molar-refractivity contribution in [2.75, 3.05) is 6.61 Å². The first kappa shape index (κ1) is 26.5. The van der Waals surface area contributed by atoms with E-state index in [1.54, 1.807) is 0 Å². The molecule has 4 aliphatic carbocycles. The number of rotatable bonds is 11. The summed E-state index contributed by atoms with van der Waals surface area (Å²) in [4.78, 5) is 12.4. The summed E-state index contributed by atoms with van der Waals surface area (Å²) in [5, 5.41) is 0. The van der Waals surface area contributed by atoms with Crippen LogP contribution >= 0.6 is 0 Å². The maximum absolute atomic E-state index is 12.4. The molecule has 0 aromatic heterocycles. The predicted octanol–water partition coefficient (Wildman–Crippen LogP) is 9.36. The van der Waals surface area contributed by atoms with Gasteiger partial charge in [0.25, 0.3) is 0 Å². The lowest BCUT2D eigenvalue weighted by Gasteiger charge is -2.61. The molecule has 4 aliphatic rings. The average molecular weight is 473 g/mol. The summed E-state index contributed by atoms with van der Waals surface area (Å²) < 4.78 is 5.59. The molecule has 0 N–H and O–H groups in total. The quantitative estimate of drug-likeness (QED) is 0.221. The highest BCUT2D eigenvalue weighted by Gasteiger charge is 2.60. The number of carbonyl (C=O) groups is 1. The van der Waals surface area contributed by atoms with Gasteiger partial charge in [0.2, 0.25) is 0 Å². The molecule has 0 radical (unpaired) electrons. The zero-order valence-corrected chi connectivity index (χ0v) is 23.2. The Balaban J connectivity index is 1.24. The molecule has 4 fully saturated rings. The summed E-state index contributed by atoms with van der Waals surface area (Å²) >= 11 is 0. The van der Waals surface area contributed by atoms with E-state index in [9.17, 15) is 4.79 Å². The van der Waals surface area contributed by atoms with Crippen molar-refractivity contribution in [2.45, 2.75) is 143 Å². The molecule has 0 saturated heterocycles. The van der Waals surface area contributed by atoms with Crippen LogP contribution in [0.1, 0.15) is 143 Å². The second kappa shape index (κ2) is 11.7. The van der Waals surface area contributed by atoms with Crippen molar-refractivity contribution in [1.29, 1.82) is 0 Å². The number of esters is 1. The fourth-order valence-corrected chi connectivity index (χ4v) is 9.96. The van der Waals surface area contributed by atoms with Crippen LogP contribution in [0.15, 0.2) is 0 Å². The molecule has 0 spiro atoms. The van der Waals surface area contributed by atoms with Gasteiger partial charge in [-0.2, -0.15) is 0 Å². The highest BCUT2D eigenvalue weighted by molar-refractivity contribution is 5.69. The van der Waals surface area contributed by atoms with E-state index in [0.29, 0.717) is 29.8 Å². The minimum absolute atomic E-state index is 0.0485. The molecular formula is C32H56O2. The van der Waals surface area contributed by atoms with Gasteiger partial charge in [0.05, 0.1) is 6.61 Å². The van der Waals surface area contributed by atoms with Crippen LogP contribution in [-0.4, -0.2) is 12.6 Å². The topological polar surface area (TPSA) is 26.3 Å². The van der Waals surface area contributed by atoms with Crippen molar-refractivity contribution < 1.29 is 9.53 Å². The number of hydrogen-bond donors (Lipinski definition) is 0. The summed E-state index contributed by atoms with van der Waals surface area (Å²) in [5.74, 6) is 5.44. The Kier molecular flexibility index (Phi) is 9.11. The highest BCUT2D eigenvalue weighted by atomic mass is 16.5. The predicted molar refractivity (Wildman–Crippen MR) is 143 cm³/mol. The summed E-state index contributed by atoms with van der Waals surface area (Å²) in [7, 11) is 0. The molecule has 0 amide bonds. The Bertz CT molecular complexity index is 657. The molecular weight excluding hydrogens is 416 g/mol. The molecule has 4 saturated carbocycles. The van der Waals surface area contributed by atoms with Gasteiger partial charge in [-0.3, -0.25) is 4.79 Å². The molecule has 0 aliphatic heterocycles. The Hall–Kier alpha value is -0.530. The third-order valence-corrected chi connectivity index (χ3v) is 11.9. The smallest absolute Gasteiger partial charge is 0.305 e. The van der Waals surface area contributed by atoms with E-state index in [2.05, 4.69) is 27.7 Å². The van der Waals surface area contributed by atoms with E-state index >= 15 is 0 Å². The average Bonchev–Trinajstić information content (AvgIpc) is 3.19. The monoisotopic (exact) mass is 472 g/mol. The largest absolute Gasteiger partial charge is 0.466 e. The van der Waals surface area contributed by atoms with Crippen molar-refractivity contribution in [1.82, 2.24) is 0 Å². The van der Waals surface area contributed by atoms with Crippen LogP contribution in [0.2, 0.25) is 0 Å². The fraction of sp³-hybridized carbons (Fsp3) is 0.969. The minimum atomic E-state index is 0.0485. The van der Waals surface area contributed by atoms with Crippen LogP contribution in [-0.2, 0) is 9.53 Å². The van der Waals surface area contributed by atoms with Crippen molar-refractivity contribution in [3.8, 4) is 0 Å². The summed E-state index contributed by atoms with van der Waals surface area (Å²) in [5.41, 5.74) is 1.16. The van der Waals surface area contributed by atoms with Gasteiger partial charge in [0.15, 0.2) is 0 Å². The Morgan fingerprint density at radius 1 is 0.853 bits per heavy atom. The second-order valence-electron chi connectivity index (χ2n) is 13.6. The number of hydrogen-bond acceptors (Lipinski definition) is 2. The van der Waals surface area contributed by atoms with Gasteiger partial charge in [-0.15, -0.1) is 0 Å². The highest BCUT2D eigenvalue weighted by Crippen LogP contribution is 2.68. The van der Waals surface area contributed by atoms with Gasteiger partial charge < -0.3 is 4.74 Å². The van der Waals surface area contributed by atoms with E-state index in [1.807, 2.05) is 0 Å². The molecule has 34 heavy (non-hydrogen) atoms. The van der Waals surface area contributed by atoms with E-state index in [0.717, 1.165) is 42.4 Å². The lowest BCUT2D eigenvalue weighted by Crippen LogP contribution is -2.53. The molecule has 196 valence electrons. The summed E-state index contributed by atoms with van der Waals surface area (Å²) in [6.07, 6.45) is 23.9. The summed E-state index contributed by atoms with van der Waals surface area (Å²) in [6.45, 7) is 10.7. The van der Waals surface area contributed by atoms with Crippen LogP contribution in [0.3, 0.4) is 0 Å². The molecule has 2 nitrogen and oxygen atoms in total. The van der Waals surface area contributed by atoms with Gasteiger partial charge in [0, 0.05) is 6.42 Å². The van der Waals surface area contributed by atoms with Crippen molar-refractivity contribution in [3.05, 3.63) is 0 Å². The normalized spacial score (nSPS) is 40.2. The zero-order chi connectivity index (χ0) is 24.2. The molecule has 0 aromatic carbocycles. The molecule has 0 bridgehead atoms. The van der Waals surface area contributed by atoms with E-state index in [4.69, 9.17) is 4.74 Å². The fourth-order valence-electron chi connectivity index (χ4n) is 9.96. The molecule has 4 rings (SSSR count). The van der Waals surface area contributed by atoms with Gasteiger partial charge in [0.1, 0.15) is 0 Å². The zero-order valence-electron chi connectivity index (χ0n) is 23.2. The minimum Gasteiger partial charge on any atom is -0.466 e. The van der Waals surface area contributed by atoms with Crippen molar-refractivity contribution >= 4 is 5.97 Å². The lowest BCUT2D eigenvalue weighted by molar-refractivity contribution is -0.144. The first-order chi connectivity index (χ1) is 16.4. The van der Waals surface area contributed by atoms with Gasteiger partial charge in [-0.05, 0) is 111 Å². The van der Waals surface area contributed by atoms with E-state index in [1.165, 1.54) is 96.3 Å². The lowest BCUT2D eigenvalue weighted by atomic mass is 9.44. The second-order valence-corrected chi connectivity index (χ2v) is 13.6. The Labute approximate surface area is 211 Å². The number of carbonyl (C=O) groups excluding carboxylic acids is 1. The third kappa shape index (κ3) is 5.41. The number of fused-ring (bicyclic) bond motifs is 5. The third-order valence-electron chi connectivity index (χ3n) is 11.9. The van der Waals surface area contributed by atoms with Gasteiger partial charge in [-0.1, -0.05) is 72.6 Å². The first-order valence-electron chi connectivity index (χ1n) is 15.6. The molecule has 8 atom stereocenters. The van der Waals surface area contributed by atoms with E-state index in [-0.39, 0.29) is 5.97 Å². The Morgan fingerprint density at radius 2 is 1.62 bits per heavy atom. The molecule has 2 heteroatoms. The van der Waals surface area contributed by atoms with Gasteiger partial charge >= 0.3 is 5.97 Å². The maximum atomic E-state index is 12.4. The van der Waals surface area contributed by atoms with Gasteiger partial charge in [-0.25, -0.2) is 0 Å². The van der Waals surface area contributed by atoms with Crippen molar-refractivity contribution in [3.63, 3.8) is 0 Å². The maximum Gasteiger partial charge on any atom is 0.305 e. The number of unbranched alkanes of at least 4 members (excludes halogenated alkanes) is 5. The first-order valence-corrected chi connectivity index (χ1v) is 15.6. The molecule has 0 aromatic rings. The molecule has 7 unspecified atom stereocenters. The van der Waals surface area contributed by atoms with Crippen LogP contribution < -0.4 is 0 Å². The SMILES string of the molecule is CCCCCCCCOC(=O)CC[C@@H](C)C1CCC2C3CCC4CCCCC4(C)C3CCC21C. The summed E-state index contributed by atoms with van der Waals surface area (Å²) in [6, 6.07) is 0. The standard InChI is InChI=1S/C32H56O2/c1-5-6-7-8-9-12-23-34-30(33)19-14-24(2)27-17-18-28-26-16-15-25-13-10-11-21-31(25,3)29(26)20-22-32(27,28)4/h24-29H,5-23H2,1-4H3/t24-,25?,26?,27?,28?,29?,31?,32?/m1/s1. The van der Waals surface area contributed by atoms with Crippen LogP contribution in [0.5, 0.6) is 0 Å². The Morgan fingerprint density at radius 3 is 2.44 bits per heavy atom. The van der Waals surface area contributed by atoms with Crippen molar-refractivity contribution in [2.24, 2.45) is 46.3 Å². The van der Waals surface area contributed by atoms with Crippen LogP contribution in [0.4, 0.5) is 0 Å². The number of ether oxygens (including phenoxy) is 1. The molecule has 0 heterocycles. The van der Waals surface area contributed by atoms with E-state index < -0.39 is 0 Å².